The molecule has 2 rings (SSSR count). The lowest BCUT2D eigenvalue weighted by Gasteiger charge is -2.11. The zero-order valence-corrected chi connectivity index (χ0v) is 11.4. The molecule has 0 amide bonds. The molecule has 0 saturated carbocycles. The van der Waals surface area contributed by atoms with Gasteiger partial charge in [-0.1, -0.05) is 0 Å². The van der Waals surface area contributed by atoms with Crippen LogP contribution in [-0.2, 0) is 13.0 Å². The number of benzene rings is 1. The molecule has 1 aromatic carbocycles. The minimum atomic E-state index is 0. The predicted octanol–water partition coefficient (Wildman–Crippen LogP) is 2.55. The Bertz CT molecular complexity index is 382. The lowest BCUT2D eigenvalue weighted by atomic mass is 10.1. The summed E-state index contributed by atoms with van der Waals surface area (Å²) in [5, 5.41) is 3.16. The largest absolute Gasteiger partial charge is 0.494 e. The van der Waals surface area contributed by atoms with Crippen LogP contribution in [0.5, 0.6) is 11.5 Å². The van der Waals surface area contributed by atoms with Crippen molar-refractivity contribution in [2.75, 3.05) is 13.7 Å². The Balaban J connectivity index is 0.00000144. The van der Waals surface area contributed by atoms with Gasteiger partial charge in [-0.05, 0) is 33.0 Å². The van der Waals surface area contributed by atoms with Crippen molar-refractivity contribution in [3.63, 3.8) is 0 Å². The topological polar surface area (TPSA) is 30.5 Å². The highest BCUT2D eigenvalue weighted by Gasteiger charge is 2.23. The third-order valence-electron chi connectivity index (χ3n) is 2.72. The summed E-state index contributed by atoms with van der Waals surface area (Å²) < 4.78 is 11.4. The fourth-order valence-corrected chi connectivity index (χ4v) is 2.15. The smallest absolute Gasteiger partial charge is 0.127 e. The van der Waals surface area contributed by atoms with E-state index < -0.39 is 0 Å². The molecule has 1 aromatic rings. The molecule has 1 N–H and O–H groups in total. The highest BCUT2D eigenvalue weighted by molar-refractivity contribution is 5.85. The van der Waals surface area contributed by atoms with Crippen LogP contribution in [0.2, 0.25) is 0 Å². The van der Waals surface area contributed by atoms with Crippen LogP contribution < -0.4 is 14.8 Å². The number of nitrogens with one attached hydrogen (secondary N) is 1. The molecule has 1 aliphatic rings. The third-order valence-corrected chi connectivity index (χ3v) is 2.72. The summed E-state index contributed by atoms with van der Waals surface area (Å²) in [5.74, 6) is 1.99. The van der Waals surface area contributed by atoms with Gasteiger partial charge < -0.3 is 14.8 Å². The fourth-order valence-electron chi connectivity index (χ4n) is 2.15. The van der Waals surface area contributed by atoms with E-state index >= 15 is 0 Å². The first-order valence-electron chi connectivity index (χ1n) is 5.84. The van der Waals surface area contributed by atoms with Crippen molar-refractivity contribution in [1.82, 2.24) is 5.32 Å². The Morgan fingerprint density at radius 3 is 2.88 bits per heavy atom. The lowest BCUT2D eigenvalue weighted by molar-refractivity contribution is 0.252. The van der Waals surface area contributed by atoms with Gasteiger partial charge in [0, 0.05) is 24.1 Å². The Morgan fingerprint density at radius 2 is 2.24 bits per heavy atom. The van der Waals surface area contributed by atoms with E-state index in [9.17, 15) is 0 Å². The number of ether oxygens (including phenoxy) is 2. The summed E-state index contributed by atoms with van der Waals surface area (Å²) in [5.41, 5.74) is 2.46. The second-order valence-electron chi connectivity index (χ2n) is 4.17. The van der Waals surface area contributed by atoms with Crippen LogP contribution in [-0.4, -0.2) is 19.8 Å². The maximum Gasteiger partial charge on any atom is 0.127 e. The molecule has 0 fully saturated rings. The van der Waals surface area contributed by atoms with Crippen LogP contribution in [0.25, 0.3) is 0 Å². The quantitative estimate of drug-likeness (QED) is 0.899. The minimum absolute atomic E-state index is 0. The van der Waals surface area contributed by atoms with Crippen LogP contribution in [0.1, 0.15) is 25.0 Å². The normalized spacial score (nSPS) is 17.0. The molecular weight excluding hydrogens is 238 g/mol. The van der Waals surface area contributed by atoms with Crippen molar-refractivity contribution >= 4 is 12.4 Å². The molecule has 0 saturated heterocycles. The van der Waals surface area contributed by atoms with Crippen molar-refractivity contribution in [3.8, 4) is 11.5 Å². The molecule has 3 nitrogen and oxygen atoms in total. The van der Waals surface area contributed by atoms with Crippen molar-refractivity contribution in [2.45, 2.75) is 32.9 Å². The van der Waals surface area contributed by atoms with Gasteiger partial charge in [-0.25, -0.2) is 0 Å². The van der Waals surface area contributed by atoms with Gasteiger partial charge in [-0.15, -0.1) is 12.4 Å². The molecule has 0 aromatic heterocycles. The highest BCUT2D eigenvalue weighted by Crippen LogP contribution is 2.36. The Morgan fingerprint density at radius 1 is 1.47 bits per heavy atom. The summed E-state index contributed by atoms with van der Waals surface area (Å²) >= 11 is 0. The van der Waals surface area contributed by atoms with Crippen LogP contribution in [0, 0.1) is 0 Å². The average Bonchev–Trinajstić information content (AvgIpc) is 2.60. The van der Waals surface area contributed by atoms with Gasteiger partial charge in [-0.2, -0.15) is 0 Å². The fraction of sp³-hybridized carbons (Fsp3) is 0.538. The molecule has 0 aliphatic carbocycles. The molecule has 4 heteroatoms. The van der Waals surface area contributed by atoms with Gasteiger partial charge in [0.2, 0.25) is 0 Å². The van der Waals surface area contributed by atoms with E-state index in [-0.39, 0.29) is 18.5 Å². The van der Waals surface area contributed by atoms with Crippen molar-refractivity contribution in [3.05, 3.63) is 23.3 Å². The van der Waals surface area contributed by atoms with Gasteiger partial charge in [0.15, 0.2) is 0 Å². The maximum atomic E-state index is 5.83. The average molecular weight is 258 g/mol. The monoisotopic (exact) mass is 257 g/mol. The number of halogens is 1. The van der Waals surface area contributed by atoms with E-state index in [2.05, 4.69) is 24.4 Å². The Kier molecular flexibility index (Phi) is 5.09. The number of rotatable bonds is 4. The first kappa shape index (κ1) is 14.1. The van der Waals surface area contributed by atoms with Crippen molar-refractivity contribution in [1.29, 1.82) is 0 Å². The van der Waals surface area contributed by atoms with Gasteiger partial charge in [0.25, 0.3) is 0 Å². The summed E-state index contributed by atoms with van der Waals surface area (Å²) in [4.78, 5) is 0. The van der Waals surface area contributed by atoms with Crippen molar-refractivity contribution in [2.24, 2.45) is 0 Å². The first-order valence-corrected chi connectivity index (χ1v) is 5.84. The molecule has 96 valence electrons. The molecule has 17 heavy (non-hydrogen) atoms. The summed E-state index contributed by atoms with van der Waals surface area (Å²) in [6.07, 6.45) is 1.26. The SMILES string of the molecule is CCOc1cc(CNC)c2c(c1)CC(C)O2.Cl. The van der Waals surface area contributed by atoms with Crippen LogP contribution in [0.4, 0.5) is 0 Å². The van der Waals surface area contributed by atoms with E-state index in [4.69, 9.17) is 9.47 Å². The summed E-state index contributed by atoms with van der Waals surface area (Å²) in [7, 11) is 1.94. The van der Waals surface area contributed by atoms with Gasteiger partial charge in [0.05, 0.1) is 6.61 Å². The number of hydrogen-bond acceptors (Lipinski definition) is 3. The second kappa shape index (κ2) is 6.12. The molecule has 0 spiro atoms. The first-order chi connectivity index (χ1) is 7.74. The summed E-state index contributed by atoms with van der Waals surface area (Å²) in [6, 6.07) is 4.17. The van der Waals surface area contributed by atoms with E-state index in [1.807, 2.05) is 14.0 Å². The zero-order chi connectivity index (χ0) is 11.5. The highest BCUT2D eigenvalue weighted by atomic mass is 35.5. The Hall–Kier alpha value is -0.930. The van der Waals surface area contributed by atoms with Crippen LogP contribution >= 0.6 is 12.4 Å². The van der Waals surface area contributed by atoms with E-state index in [0.717, 1.165) is 24.5 Å². The van der Waals surface area contributed by atoms with E-state index in [1.54, 1.807) is 0 Å². The zero-order valence-electron chi connectivity index (χ0n) is 10.6. The van der Waals surface area contributed by atoms with Crippen LogP contribution in [0.15, 0.2) is 12.1 Å². The van der Waals surface area contributed by atoms with E-state index in [1.165, 1.54) is 11.1 Å². The van der Waals surface area contributed by atoms with E-state index in [0.29, 0.717) is 6.61 Å². The predicted molar refractivity (Wildman–Crippen MR) is 71.4 cm³/mol. The summed E-state index contributed by atoms with van der Waals surface area (Å²) in [6.45, 7) is 5.62. The standard InChI is InChI=1S/C13H19NO2.ClH/c1-4-15-12-6-10-5-9(2)16-13(10)11(7-12)8-14-3;/h6-7,9,14H,4-5,8H2,1-3H3;1H. The molecule has 1 unspecified atom stereocenters. The third kappa shape index (κ3) is 3.05. The number of hydrogen-bond donors (Lipinski definition) is 1. The molecule has 1 aliphatic heterocycles. The maximum absolute atomic E-state index is 5.83. The van der Waals surface area contributed by atoms with Gasteiger partial charge in [0.1, 0.15) is 17.6 Å². The molecule has 0 bridgehead atoms. The van der Waals surface area contributed by atoms with Gasteiger partial charge >= 0.3 is 0 Å². The van der Waals surface area contributed by atoms with Gasteiger partial charge in [-0.3, -0.25) is 0 Å². The molecule has 0 radical (unpaired) electrons. The minimum Gasteiger partial charge on any atom is -0.494 e. The second-order valence-corrected chi connectivity index (χ2v) is 4.17. The molecule has 1 heterocycles. The molecule has 1 atom stereocenters. The lowest BCUT2D eigenvalue weighted by Crippen LogP contribution is -2.09. The van der Waals surface area contributed by atoms with Crippen molar-refractivity contribution < 1.29 is 9.47 Å². The molecular formula is C13H20ClNO2. The Labute approximate surface area is 109 Å². The van der Waals surface area contributed by atoms with Crippen LogP contribution in [0.3, 0.4) is 0 Å². The number of fused-ring (bicyclic) bond motifs is 1.